The van der Waals surface area contributed by atoms with E-state index in [0.717, 1.165) is 10.1 Å². The predicted molar refractivity (Wildman–Crippen MR) is 108 cm³/mol. The Labute approximate surface area is 172 Å². The maximum atomic E-state index is 13.0. The molecule has 3 aromatic rings. The largest absolute Gasteiger partial charge is 0.496 e. The van der Waals surface area contributed by atoms with Gasteiger partial charge in [-0.3, -0.25) is 14.2 Å². The van der Waals surface area contributed by atoms with E-state index in [0.29, 0.717) is 12.3 Å². The van der Waals surface area contributed by atoms with Crippen LogP contribution in [-0.2, 0) is 22.6 Å². The lowest BCUT2D eigenvalue weighted by Crippen LogP contribution is -2.34. The molecule has 1 aromatic carbocycles. The van der Waals surface area contributed by atoms with Gasteiger partial charge in [0.2, 0.25) is 11.6 Å². The molecule has 0 saturated carbocycles. The lowest BCUT2D eigenvalue weighted by molar-refractivity contribution is -0.131. The van der Waals surface area contributed by atoms with Gasteiger partial charge in [-0.15, -0.1) is 0 Å². The normalized spacial score (nSPS) is 10.8. The number of aryl methyl sites for hydroxylation is 1. The molecule has 0 aliphatic rings. The number of likely N-dealkylation sites (N-methyl/N-ethyl adjacent to an activating group) is 1. The Morgan fingerprint density at radius 2 is 2.00 bits per heavy atom. The average Bonchev–Trinajstić information content (AvgIpc) is 3.07. The Balaban J connectivity index is 1.87. The molecule has 0 aliphatic heterocycles. The number of hydrogen-bond donors (Lipinski definition) is 0. The number of hydrogen-bond acceptors (Lipinski definition) is 7. The highest BCUT2D eigenvalue weighted by Gasteiger charge is 2.24. The van der Waals surface area contributed by atoms with E-state index in [9.17, 15) is 14.4 Å². The summed E-state index contributed by atoms with van der Waals surface area (Å²) in [6.07, 6.45) is 1.23. The summed E-state index contributed by atoms with van der Waals surface area (Å²) in [6, 6.07) is 7.38. The highest BCUT2D eigenvalue weighted by molar-refractivity contribution is 6.03. The number of rotatable bonds is 7. The van der Waals surface area contributed by atoms with Crippen molar-refractivity contribution in [3.8, 4) is 5.75 Å². The number of amides is 1. The number of nitrogens with zero attached hydrogens (tertiary/aromatic N) is 3. The van der Waals surface area contributed by atoms with Gasteiger partial charge < -0.3 is 18.8 Å². The molecule has 1 amide bonds. The summed E-state index contributed by atoms with van der Waals surface area (Å²) in [5.41, 5.74) is 0.367. The van der Waals surface area contributed by atoms with Crippen molar-refractivity contribution in [1.29, 1.82) is 0 Å². The van der Waals surface area contributed by atoms with Gasteiger partial charge in [0, 0.05) is 19.2 Å². The van der Waals surface area contributed by atoms with Crippen molar-refractivity contribution >= 4 is 23.0 Å². The van der Waals surface area contributed by atoms with E-state index in [-0.39, 0.29) is 41.5 Å². The van der Waals surface area contributed by atoms with Crippen LogP contribution in [0.1, 0.15) is 28.6 Å². The molecule has 0 N–H and O–H groups in total. The molecule has 30 heavy (non-hydrogen) atoms. The second kappa shape index (κ2) is 8.81. The van der Waals surface area contributed by atoms with Crippen molar-refractivity contribution in [1.82, 2.24) is 14.5 Å². The van der Waals surface area contributed by atoms with Crippen LogP contribution in [0, 0.1) is 6.92 Å². The molecule has 9 nitrogen and oxygen atoms in total. The summed E-state index contributed by atoms with van der Waals surface area (Å²) in [5, 5.41) is 0.00799. The molecule has 0 unspecified atom stereocenters. The quantitative estimate of drug-likeness (QED) is 0.547. The summed E-state index contributed by atoms with van der Waals surface area (Å²) >= 11 is 0. The number of carbonyl (C=O) groups excluding carboxylic acids is 2. The van der Waals surface area contributed by atoms with Gasteiger partial charge in [0.1, 0.15) is 35.3 Å². The van der Waals surface area contributed by atoms with Crippen LogP contribution in [0.15, 0.2) is 39.8 Å². The van der Waals surface area contributed by atoms with E-state index in [1.807, 2.05) is 24.3 Å². The zero-order valence-electron chi connectivity index (χ0n) is 17.3. The fraction of sp³-hybridized carbons (Fsp3) is 0.333. The summed E-state index contributed by atoms with van der Waals surface area (Å²) in [6.45, 7) is 3.46. The molecular formula is C21H23N3O6. The number of methoxy groups -OCH3 is 1. The summed E-state index contributed by atoms with van der Waals surface area (Å²) < 4.78 is 16.9. The van der Waals surface area contributed by atoms with E-state index in [2.05, 4.69) is 4.98 Å². The first-order chi connectivity index (χ1) is 14.4. The number of esters is 1. The standard InChI is InChI=1S/C21H23N3O6/c1-5-29-21(27)17-13(2)30-19-18(17)20(26)24(12-22-19)11-16(25)23(3)10-14-8-6-7-9-15(14)28-4/h6-9,12H,5,10-11H2,1-4H3. The highest BCUT2D eigenvalue weighted by atomic mass is 16.5. The summed E-state index contributed by atoms with van der Waals surface area (Å²) in [7, 11) is 3.20. The number of carbonyl (C=O) groups is 2. The maximum Gasteiger partial charge on any atom is 0.342 e. The topological polar surface area (TPSA) is 104 Å². The molecule has 0 aliphatic carbocycles. The molecule has 2 aromatic heterocycles. The zero-order valence-corrected chi connectivity index (χ0v) is 17.3. The molecule has 0 radical (unpaired) electrons. The number of para-hydroxylation sites is 1. The molecule has 2 heterocycles. The van der Waals surface area contributed by atoms with Crippen molar-refractivity contribution in [2.24, 2.45) is 0 Å². The molecule has 0 fully saturated rings. The fourth-order valence-electron chi connectivity index (χ4n) is 3.14. The second-order valence-corrected chi connectivity index (χ2v) is 6.67. The van der Waals surface area contributed by atoms with Crippen LogP contribution < -0.4 is 10.3 Å². The SMILES string of the molecule is CCOC(=O)c1c(C)oc2ncn(CC(=O)N(C)Cc3ccccc3OC)c(=O)c12. The number of fused-ring (bicyclic) bond motifs is 1. The van der Waals surface area contributed by atoms with E-state index in [1.165, 1.54) is 11.2 Å². The first kappa shape index (κ1) is 21.1. The number of benzene rings is 1. The van der Waals surface area contributed by atoms with Gasteiger partial charge in [-0.25, -0.2) is 9.78 Å². The fourth-order valence-corrected chi connectivity index (χ4v) is 3.14. The Hall–Kier alpha value is -3.62. The number of furan rings is 1. The van der Waals surface area contributed by atoms with Crippen molar-refractivity contribution < 1.29 is 23.5 Å². The maximum absolute atomic E-state index is 13.0. The Morgan fingerprint density at radius 1 is 1.27 bits per heavy atom. The van der Waals surface area contributed by atoms with Gasteiger partial charge in [0.15, 0.2) is 0 Å². The molecule has 0 saturated heterocycles. The van der Waals surface area contributed by atoms with Crippen LogP contribution in [0.2, 0.25) is 0 Å². The van der Waals surface area contributed by atoms with Crippen molar-refractivity contribution in [2.45, 2.75) is 26.9 Å². The van der Waals surface area contributed by atoms with Gasteiger partial charge in [0.05, 0.1) is 13.7 Å². The van der Waals surface area contributed by atoms with Crippen molar-refractivity contribution in [2.75, 3.05) is 20.8 Å². The summed E-state index contributed by atoms with van der Waals surface area (Å²) in [4.78, 5) is 43.5. The molecule has 9 heteroatoms. The minimum Gasteiger partial charge on any atom is -0.496 e. The van der Waals surface area contributed by atoms with Crippen LogP contribution in [-0.4, -0.2) is 47.1 Å². The van der Waals surface area contributed by atoms with Crippen LogP contribution in [0.3, 0.4) is 0 Å². The van der Waals surface area contributed by atoms with Crippen LogP contribution in [0.25, 0.3) is 11.1 Å². The van der Waals surface area contributed by atoms with Gasteiger partial charge >= 0.3 is 5.97 Å². The van der Waals surface area contributed by atoms with Crippen LogP contribution >= 0.6 is 0 Å². The molecule has 0 bridgehead atoms. The van der Waals surface area contributed by atoms with Gasteiger partial charge in [-0.2, -0.15) is 0 Å². The smallest absolute Gasteiger partial charge is 0.342 e. The highest BCUT2D eigenvalue weighted by Crippen LogP contribution is 2.22. The Kier molecular flexibility index (Phi) is 6.20. The second-order valence-electron chi connectivity index (χ2n) is 6.67. The molecule has 0 atom stereocenters. The minimum absolute atomic E-state index is 0.00799. The third kappa shape index (κ3) is 4.05. The van der Waals surface area contributed by atoms with Crippen molar-refractivity contribution in [3.63, 3.8) is 0 Å². The summed E-state index contributed by atoms with van der Waals surface area (Å²) in [5.74, 6) is -0.0529. The molecule has 158 valence electrons. The minimum atomic E-state index is -0.662. The Morgan fingerprint density at radius 3 is 2.70 bits per heavy atom. The van der Waals surface area contributed by atoms with E-state index in [1.54, 1.807) is 28.0 Å². The zero-order chi connectivity index (χ0) is 21.8. The number of ether oxygens (including phenoxy) is 2. The van der Waals surface area contributed by atoms with Crippen LogP contribution in [0.4, 0.5) is 0 Å². The van der Waals surface area contributed by atoms with E-state index < -0.39 is 11.5 Å². The predicted octanol–water partition coefficient (Wildman–Crippen LogP) is 2.14. The molecular weight excluding hydrogens is 390 g/mol. The lowest BCUT2D eigenvalue weighted by atomic mass is 10.2. The third-order valence-corrected chi connectivity index (χ3v) is 4.67. The van der Waals surface area contributed by atoms with Crippen LogP contribution in [0.5, 0.6) is 5.75 Å². The van der Waals surface area contributed by atoms with Gasteiger partial charge in [0.25, 0.3) is 5.56 Å². The van der Waals surface area contributed by atoms with Gasteiger partial charge in [-0.05, 0) is 19.9 Å². The first-order valence-electron chi connectivity index (χ1n) is 9.38. The third-order valence-electron chi connectivity index (χ3n) is 4.67. The van der Waals surface area contributed by atoms with E-state index in [4.69, 9.17) is 13.9 Å². The molecule has 0 spiro atoms. The van der Waals surface area contributed by atoms with Gasteiger partial charge in [-0.1, -0.05) is 18.2 Å². The van der Waals surface area contributed by atoms with E-state index >= 15 is 0 Å². The first-order valence-corrected chi connectivity index (χ1v) is 9.38. The monoisotopic (exact) mass is 413 g/mol. The lowest BCUT2D eigenvalue weighted by Gasteiger charge is -2.19. The average molecular weight is 413 g/mol. The number of aromatic nitrogens is 2. The van der Waals surface area contributed by atoms with Crippen molar-refractivity contribution in [3.05, 3.63) is 57.8 Å². The Bertz CT molecular complexity index is 1150. The molecule has 3 rings (SSSR count).